The number of rotatable bonds is 5. The van der Waals surface area contributed by atoms with E-state index in [-0.39, 0.29) is 40.9 Å². The van der Waals surface area contributed by atoms with E-state index >= 15 is 0 Å². The van der Waals surface area contributed by atoms with E-state index in [1.807, 2.05) is 18.2 Å². The normalized spacial score (nSPS) is 21.7. The molecule has 0 radical (unpaired) electrons. The molecule has 178 valence electrons. The second kappa shape index (κ2) is 8.02. The maximum atomic E-state index is 13.1. The minimum Gasteiger partial charge on any atom is -0.454 e. The number of nitro groups is 1. The molecule has 1 aliphatic carbocycles. The molecule has 2 aliphatic heterocycles. The number of sulfonamides is 1. The van der Waals surface area contributed by atoms with E-state index in [0.29, 0.717) is 0 Å². The number of allylic oxidation sites excluding steroid dienone is 2. The van der Waals surface area contributed by atoms with E-state index in [1.165, 1.54) is 24.3 Å². The first-order chi connectivity index (χ1) is 16.9. The summed E-state index contributed by atoms with van der Waals surface area (Å²) in [6, 6.07) is 16.4. The van der Waals surface area contributed by atoms with Crippen LogP contribution < -0.4 is 19.5 Å². The largest absolute Gasteiger partial charge is 0.454 e. The summed E-state index contributed by atoms with van der Waals surface area (Å²) in [5.74, 6) is 1.73. The van der Waals surface area contributed by atoms with Crippen molar-refractivity contribution in [1.29, 1.82) is 0 Å². The lowest BCUT2D eigenvalue weighted by Gasteiger charge is -2.37. The van der Waals surface area contributed by atoms with Gasteiger partial charge in [0.15, 0.2) is 11.5 Å². The molecule has 10 heteroatoms. The second-order valence-corrected chi connectivity index (χ2v) is 10.4. The molecule has 0 bridgehead atoms. The van der Waals surface area contributed by atoms with Crippen LogP contribution >= 0.6 is 0 Å². The second-order valence-electron chi connectivity index (χ2n) is 8.75. The van der Waals surface area contributed by atoms with E-state index in [1.54, 1.807) is 18.2 Å². The highest BCUT2D eigenvalue weighted by molar-refractivity contribution is 7.92. The Morgan fingerprint density at radius 2 is 1.89 bits per heavy atom. The van der Waals surface area contributed by atoms with Crippen LogP contribution in [0.4, 0.5) is 17.1 Å². The van der Waals surface area contributed by atoms with E-state index in [4.69, 9.17) is 9.47 Å². The first-order valence-corrected chi connectivity index (χ1v) is 12.6. The van der Waals surface area contributed by atoms with Gasteiger partial charge in [0.1, 0.15) is 0 Å². The molecule has 0 fully saturated rings. The van der Waals surface area contributed by atoms with Gasteiger partial charge >= 0.3 is 0 Å². The molecule has 35 heavy (non-hydrogen) atoms. The molecule has 3 aromatic carbocycles. The van der Waals surface area contributed by atoms with Crippen molar-refractivity contribution in [2.24, 2.45) is 5.92 Å². The van der Waals surface area contributed by atoms with Crippen LogP contribution in [0.2, 0.25) is 0 Å². The highest BCUT2D eigenvalue weighted by atomic mass is 32.2. The quantitative estimate of drug-likeness (QED) is 0.294. The molecule has 2 heterocycles. The third-order valence-corrected chi connectivity index (χ3v) is 8.09. The zero-order valence-corrected chi connectivity index (χ0v) is 19.2. The summed E-state index contributed by atoms with van der Waals surface area (Å²) in [5, 5.41) is 14.6. The average molecular weight is 492 g/mol. The van der Waals surface area contributed by atoms with Crippen LogP contribution in [0, 0.1) is 16.0 Å². The lowest BCUT2D eigenvalue weighted by atomic mass is 9.77. The number of nitro benzene ring substituents is 1. The molecule has 3 aliphatic rings. The van der Waals surface area contributed by atoms with E-state index in [2.05, 4.69) is 22.2 Å². The van der Waals surface area contributed by atoms with Crippen LogP contribution in [0.25, 0.3) is 0 Å². The lowest BCUT2D eigenvalue weighted by molar-refractivity contribution is -0.384. The van der Waals surface area contributed by atoms with Crippen LogP contribution in [-0.2, 0) is 10.0 Å². The van der Waals surface area contributed by atoms with Gasteiger partial charge in [-0.25, -0.2) is 8.42 Å². The highest BCUT2D eigenvalue weighted by Gasteiger charge is 2.39. The Kier molecular flexibility index (Phi) is 4.92. The fraction of sp³-hybridized carbons (Fsp3) is 0.200. The van der Waals surface area contributed by atoms with Gasteiger partial charge in [-0.15, -0.1) is 0 Å². The van der Waals surface area contributed by atoms with Gasteiger partial charge in [-0.2, -0.15) is 0 Å². The number of nitrogens with zero attached hydrogens (tertiary/aromatic N) is 1. The molecular weight excluding hydrogens is 470 g/mol. The molecule has 0 aromatic heterocycles. The van der Waals surface area contributed by atoms with Crippen LogP contribution in [-0.4, -0.2) is 20.1 Å². The Morgan fingerprint density at radius 1 is 1.03 bits per heavy atom. The Hall–Kier alpha value is -4.05. The van der Waals surface area contributed by atoms with Crippen molar-refractivity contribution in [3.63, 3.8) is 0 Å². The maximum absolute atomic E-state index is 13.1. The number of fused-ring (bicyclic) bond motifs is 4. The number of non-ortho nitro benzene ring substituents is 1. The molecule has 2 N–H and O–H groups in total. The zero-order valence-electron chi connectivity index (χ0n) is 18.4. The predicted molar refractivity (Wildman–Crippen MR) is 129 cm³/mol. The summed E-state index contributed by atoms with van der Waals surface area (Å²) in [5.41, 5.74) is 2.81. The van der Waals surface area contributed by atoms with Crippen LogP contribution in [0.3, 0.4) is 0 Å². The molecule has 0 spiro atoms. The number of nitrogens with one attached hydrogen (secondary N) is 2. The summed E-state index contributed by atoms with van der Waals surface area (Å²) < 4.78 is 39.7. The Balaban J connectivity index is 1.32. The van der Waals surface area contributed by atoms with Gasteiger partial charge in [0.05, 0.1) is 21.5 Å². The Labute approximate surface area is 201 Å². The van der Waals surface area contributed by atoms with Gasteiger partial charge in [-0.05, 0) is 59.9 Å². The van der Waals surface area contributed by atoms with Gasteiger partial charge < -0.3 is 14.8 Å². The standard InChI is InChI=1S/C25H21N3O6S/c29-28(30)17-4-1-3-16(12-17)27-35(31,32)18-8-9-22-21(13-18)19-5-2-6-20(19)25(26-22)15-7-10-23-24(11-15)34-14-33-23/h1-5,7-13,19-20,25-27H,6,14H2/t19-,20+,25+/m0/s1. The van der Waals surface area contributed by atoms with Gasteiger partial charge in [0.25, 0.3) is 15.7 Å². The fourth-order valence-electron chi connectivity index (χ4n) is 5.07. The number of hydrogen-bond acceptors (Lipinski definition) is 7. The van der Waals surface area contributed by atoms with Crippen molar-refractivity contribution in [3.8, 4) is 11.5 Å². The van der Waals surface area contributed by atoms with Gasteiger partial charge in [-0.1, -0.05) is 24.3 Å². The van der Waals surface area contributed by atoms with Crippen LogP contribution in [0.15, 0.2) is 77.7 Å². The number of hydrogen-bond donors (Lipinski definition) is 2. The highest BCUT2D eigenvalue weighted by Crippen LogP contribution is 2.51. The van der Waals surface area contributed by atoms with E-state index in [0.717, 1.165) is 34.7 Å². The molecule has 0 saturated heterocycles. The van der Waals surface area contributed by atoms with Crippen molar-refractivity contribution >= 4 is 27.1 Å². The predicted octanol–water partition coefficient (Wildman–Crippen LogP) is 4.95. The van der Waals surface area contributed by atoms with Crippen molar-refractivity contribution in [2.45, 2.75) is 23.3 Å². The number of ether oxygens (including phenoxy) is 2. The van der Waals surface area contributed by atoms with Crippen LogP contribution in [0.1, 0.15) is 29.5 Å². The summed E-state index contributed by atoms with van der Waals surface area (Å²) in [6.07, 6.45) is 5.13. The number of anilines is 2. The fourth-order valence-corrected chi connectivity index (χ4v) is 6.16. The molecule has 9 nitrogen and oxygen atoms in total. The summed E-state index contributed by atoms with van der Waals surface area (Å²) in [6.45, 7) is 0.217. The van der Waals surface area contributed by atoms with E-state index < -0.39 is 14.9 Å². The minimum absolute atomic E-state index is 0.0300. The molecule has 3 aromatic rings. The monoisotopic (exact) mass is 491 g/mol. The average Bonchev–Trinajstić information content (AvgIpc) is 3.52. The Morgan fingerprint density at radius 3 is 2.74 bits per heavy atom. The van der Waals surface area contributed by atoms with Gasteiger partial charge in [0.2, 0.25) is 6.79 Å². The molecule has 0 unspecified atom stereocenters. The Bertz CT molecular complexity index is 1490. The van der Waals surface area contributed by atoms with Crippen molar-refractivity contribution < 1.29 is 22.8 Å². The lowest BCUT2D eigenvalue weighted by Crippen LogP contribution is -2.29. The third kappa shape index (κ3) is 3.75. The molecule has 0 saturated carbocycles. The smallest absolute Gasteiger partial charge is 0.271 e. The maximum Gasteiger partial charge on any atom is 0.271 e. The summed E-state index contributed by atoms with van der Waals surface area (Å²) in [4.78, 5) is 10.6. The first-order valence-electron chi connectivity index (χ1n) is 11.1. The van der Waals surface area contributed by atoms with E-state index in [9.17, 15) is 18.5 Å². The first kappa shape index (κ1) is 21.5. The summed E-state index contributed by atoms with van der Waals surface area (Å²) >= 11 is 0. The van der Waals surface area contributed by atoms with Crippen molar-refractivity contribution in [2.75, 3.05) is 16.8 Å². The molecule has 0 amide bonds. The SMILES string of the molecule is O=[N+]([O-])c1cccc(NS(=O)(=O)c2ccc3c(c2)[C@H]2C=CC[C@H]2[C@@H](c2ccc4c(c2)OCO4)N3)c1. The zero-order chi connectivity index (χ0) is 24.2. The van der Waals surface area contributed by atoms with Crippen molar-refractivity contribution in [3.05, 3.63) is 94.1 Å². The van der Waals surface area contributed by atoms with Gasteiger partial charge in [-0.3, -0.25) is 14.8 Å². The molecular formula is C25H21N3O6S. The third-order valence-electron chi connectivity index (χ3n) is 6.71. The topological polar surface area (TPSA) is 120 Å². The molecule has 3 atom stereocenters. The van der Waals surface area contributed by atoms with Gasteiger partial charge in [0, 0.05) is 23.7 Å². The number of benzene rings is 3. The van der Waals surface area contributed by atoms with Crippen LogP contribution in [0.5, 0.6) is 11.5 Å². The minimum atomic E-state index is -3.95. The van der Waals surface area contributed by atoms with Crippen molar-refractivity contribution in [1.82, 2.24) is 0 Å². The summed E-state index contributed by atoms with van der Waals surface area (Å²) in [7, 11) is -3.95. The molecule has 6 rings (SSSR count).